The first-order chi connectivity index (χ1) is 8.14. The molecule has 1 fully saturated rings. The molecule has 1 unspecified atom stereocenters. The second kappa shape index (κ2) is 5.45. The van der Waals surface area contributed by atoms with Crippen LogP contribution in [-0.4, -0.2) is 43.0 Å². The van der Waals surface area contributed by atoms with E-state index in [-0.39, 0.29) is 6.10 Å². The van der Waals surface area contributed by atoms with Crippen LogP contribution in [0.4, 0.5) is 8.78 Å². The Labute approximate surface area is 103 Å². The lowest BCUT2D eigenvalue weighted by Gasteiger charge is -2.26. The van der Waals surface area contributed by atoms with Crippen LogP contribution in [0.1, 0.15) is 26.2 Å². The highest BCUT2D eigenvalue weighted by molar-refractivity contribution is 7.86. The average Bonchev–Trinajstić information content (AvgIpc) is 2.13. The summed E-state index contributed by atoms with van der Waals surface area (Å²) in [6, 6.07) is 0. The lowest BCUT2D eigenvalue weighted by atomic mass is 9.96. The maximum Gasteiger partial charge on any atom is 0.405 e. The molecular weight excluding hydrogens is 274 g/mol. The molecule has 18 heavy (non-hydrogen) atoms. The van der Waals surface area contributed by atoms with Gasteiger partial charge in [-0.25, -0.2) is 4.79 Å². The molecule has 0 aromatic rings. The van der Waals surface area contributed by atoms with Crippen LogP contribution in [0, 0.1) is 0 Å². The van der Waals surface area contributed by atoms with E-state index >= 15 is 0 Å². The third-order valence-corrected chi connectivity index (χ3v) is 3.63. The van der Waals surface area contributed by atoms with Crippen LogP contribution < -0.4 is 0 Å². The van der Waals surface area contributed by atoms with E-state index in [1.54, 1.807) is 0 Å². The van der Waals surface area contributed by atoms with Gasteiger partial charge in [0.1, 0.15) is 6.61 Å². The van der Waals surface area contributed by atoms with Crippen LogP contribution >= 0.6 is 0 Å². The number of carbonyl (C=O) groups excluding carboxylic acids is 1. The number of ether oxygens (including phenoxy) is 2. The number of rotatable bonds is 6. The summed E-state index contributed by atoms with van der Waals surface area (Å²) in [7, 11) is -5.62. The van der Waals surface area contributed by atoms with E-state index in [1.165, 1.54) is 0 Å². The summed E-state index contributed by atoms with van der Waals surface area (Å²) in [6.07, 6.45) is 0.213. The van der Waals surface area contributed by atoms with Crippen molar-refractivity contribution in [1.82, 2.24) is 0 Å². The standard InChI is InChI=1S/C9H14F2O6S/c1-6(9(10,11)18(13,14)15)17-8(12)5-16-7-3-2-4-7/h6-7H,2-5H2,1H3,(H,13,14,15). The molecule has 1 aliphatic carbocycles. The lowest BCUT2D eigenvalue weighted by molar-refractivity contribution is -0.168. The van der Waals surface area contributed by atoms with Gasteiger partial charge in [0.15, 0.2) is 6.10 Å². The van der Waals surface area contributed by atoms with Crippen molar-refractivity contribution in [2.45, 2.75) is 43.6 Å². The molecule has 9 heteroatoms. The molecular formula is C9H14F2O6S. The molecule has 6 nitrogen and oxygen atoms in total. The summed E-state index contributed by atoms with van der Waals surface area (Å²) in [6.45, 7) is 0.158. The zero-order chi connectivity index (χ0) is 14.0. The first-order valence-electron chi connectivity index (χ1n) is 5.30. The van der Waals surface area contributed by atoms with Gasteiger partial charge in [-0.3, -0.25) is 4.55 Å². The molecule has 0 spiro atoms. The third kappa shape index (κ3) is 3.59. The number of hydrogen-bond acceptors (Lipinski definition) is 5. The number of halogens is 2. The van der Waals surface area contributed by atoms with E-state index < -0.39 is 34.1 Å². The Morgan fingerprint density at radius 2 is 2.06 bits per heavy atom. The zero-order valence-corrected chi connectivity index (χ0v) is 10.5. The minimum absolute atomic E-state index is 0.0741. The van der Waals surface area contributed by atoms with E-state index in [0.29, 0.717) is 6.92 Å². The summed E-state index contributed by atoms with van der Waals surface area (Å²) in [5.41, 5.74) is 0. The number of esters is 1. The minimum Gasteiger partial charge on any atom is -0.453 e. The van der Waals surface area contributed by atoms with Gasteiger partial charge < -0.3 is 9.47 Å². The van der Waals surface area contributed by atoms with Crippen LogP contribution in [-0.2, 0) is 24.4 Å². The van der Waals surface area contributed by atoms with Crippen LogP contribution in [0.5, 0.6) is 0 Å². The summed E-state index contributed by atoms with van der Waals surface area (Å²) < 4.78 is 64.3. The van der Waals surface area contributed by atoms with Crippen LogP contribution in [0.2, 0.25) is 0 Å². The minimum atomic E-state index is -5.62. The largest absolute Gasteiger partial charge is 0.453 e. The van der Waals surface area contributed by atoms with E-state index in [0.717, 1.165) is 19.3 Å². The van der Waals surface area contributed by atoms with Crippen LogP contribution in [0.25, 0.3) is 0 Å². The Kier molecular flexibility index (Phi) is 4.62. The SMILES string of the molecule is CC(OC(=O)COC1CCC1)C(F)(F)S(=O)(=O)O. The van der Waals surface area contributed by atoms with Gasteiger partial charge in [0.05, 0.1) is 6.10 Å². The molecule has 0 radical (unpaired) electrons. The van der Waals surface area contributed by atoms with E-state index in [9.17, 15) is 22.0 Å². The molecule has 0 amide bonds. The van der Waals surface area contributed by atoms with Crippen molar-refractivity contribution in [3.05, 3.63) is 0 Å². The second-order valence-corrected chi connectivity index (χ2v) is 5.53. The van der Waals surface area contributed by atoms with E-state index in [2.05, 4.69) is 4.74 Å². The number of carbonyl (C=O) groups is 1. The fourth-order valence-electron chi connectivity index (χ4n) is 1.23. The molecule has 0 aromatic heterocycles. The Morgan fingerprint density at radius 1 is 1.50 bits per heavy atom. The van der Waals surface area contributed by atoms with Crippen molar-refractivity contribution in [2.75, 3.05) is 6.61 Å². The van der Waals surface area contributed by atoms with Gasteiger partial charge in [0.2, 0.25) is 0 Å². The average molecular weight is 288 g/mol. The van der Waals surface area contributed by atoms with Crippen molar-refractivity contribution in [1.29, 1.82) is 0 Å². The molecule has 0 heterocycles. The van der Waals surface area contributed by atoms with Gasteiger partial charge in [-0.05, 0) is 26.2 Å². The molecule has 106 valence electrons. The maximum absolute atomic E-state index is 13.0. The van der Waals surface area contributed by atoms with Gasteiger partial charge in [-0.15, -0.1) is 0 Å². The maximum atomic E-state index is 13.0. The Morgan fingerprint density at radius 3 is 2.44 bits per heavy atom. The fraction of sp³-hybridized carbons (Fsp3) is 0.889. The topological polar surface area (TPSA) is 89.9 Å². The van der Waals surface area contributed by atoms with Gasteiger partial charge in [0.25, 0.3) is 0 Å². The summed E-state index contributed by atoms with van der Waals surface area (Å²) >= 11 is 0. The predicted octanol–water partition coefficient (Wildman–Crippen LogP) is 0.968. The highest BCUT2D eigenvalue weighted by atomic mass is 32.2. The van der Waals surface area contributed by atoms with Crippen LogP contribution in [0.15, 0.2) is 0 Å². The summed E-state index contributed by atoms with van der Waals surface area (Å²) in [5, 5.41) is -4.54. The molecule has 1 N–H and O–H groups in total. The van der Waals surface area contributed by atoms with Gasteiger partial charge in [-0.2, -0.15) is 17.2 Å². The summed E-state index contributed by atoms with van der Waals surface area (Å²) in [5.74, 6) is -1.10. The van der Waals surface area contributed by atoms with Crippen molar-refractivity contribution in [3.8, 4) is 0 Å². The fourth-order valence-corrected chi connectivity index (χ4v) is 1.70. The van der Waals surface area contributed by atoms with Crippen molar-refractivity contribution in [3.63, 3.8) is 0 Å². The smallest absolute Gasteiger partial charge is 0.405 e. The highest BCUT2D eigenvalue weighted by Crippen LogP contribution is 2.27. The predicted molar refractivity (Wildman–Crippen MR) is 55.6 cm³/mol. The molecule has 1 rings (SSSR count). The van der Waals surface area contributed by atoms with Crippen LogP contribution in [0.3, 0.4) is 0 Å². The number of alkyl halides is 2. The molecule has 1 atom stereocenters. The first kappa shape index (κ1) is 15.3. The monoisotopic (exact) mass is 288 g/mol. The van der Waals surface area contributed by atoms with Gasteiger partial charge in [-0.1, -0.05) is 0 Å². The third-order valence-electron chi connectivity index (χ3n) is 2.61. The second-order valence-electron chi connectivity index (χ2n) is 4.03. The Bertz CT molecular complexity index is 403. The summed E-state index contributed by atoms with van der Waals surface area (Å²) in [4.78, 5) is 11.1. The normalized spacial score (nSPS) is 19.1. The first-order valence-corrected chi connectivity index (χ1v) is 6.74. The highest BCUT2D eigenvalue weighted by Gasteiger charge is 2.51. The van der Waals surface area contributed by atoms with E-state index in [1.807, 2.05) is 0 Å². The Balaban J connectivity index is 2.43. The van der Waals surface area contributed by atoms with Gasteiger partial charge >= 0.3 is 21.3 Å². The molecule has 0 bridgehead atoms. The van der Waals surface area contributed by atoms with Crippen molar-refractivity contribution >= 4 is 16.1 Å². The Hall–Kier alpha value is -0.800. The number of hydrogen-bond donors (Lipinski definition) is 1. The van der Waals surface area contributed by atoms with Crippen molar-refractivity contribution < 1.29 is 36.0 Å². The van der Waals surface area contributed by atoms with Crippen molar-refractivity contribution in [2.24, 2.45) is 0 Å². The molecule has 1 saturated carbocycles. The van der Waals surface area contributed by atoms with E-state index in [4.69, 9.17) is 9.29 Å². The quantitative estimate of drug-likeness (QED) is 0.578. The molecule has 0 aromatic carbocycles. The lowest BCUT2D eigenvalue weighted by Crippen LogP contribution is -2.42. The molecule has 1 aliphatic rings. The van der Waals surface area contributed by atoms with Gasteiger partial charge in [0, 0.05) is 0 Å². The zero-order valence-electron chi connectivity index (χ0n) is 9.64. The molecule has 0 saturated heterocycles. The molecule has 0 aliphatic heterocycles.